The molecule has 1 aliphatic carbocycles. The number of para-hydroxylation sites is 2. The summed E-state index contributed by atoms with van der Waals surface area (Å²) in [4.78, 5) is 59.4. The molecule has 0 fully saturated rings. The zero-order chi connectivity index (χ0) is 27.2. The van der Waals surface area contributed by atoms with Crippen molar-refractivity contribution in [3.8, 4) is 5.75 Å². The lowest BCUT2D eigenvalue weighted by Gasteiger charge is -2.35. The van der Waals surface area contributed by atoms with Crippen LogP contribution < -0.4 is 15.3 Å². The highest BCUT2D eigenvalue weighted by molar-refractivity contribution is 6.38. The Balaban J connectivity index is 1.51. The molecule has 1 atom stereocenters. The van der Waals surface area contributed by atoms with Crippen LogP contribution in [0.5, 0.6) is 5.75 Å². The van der Waals surface area contributed by atoms with Gasteiger partial charge in [-0.3, -0.25) is 14.4 Å². The number of fused-ring (bicyclic) bond motifs is 8. The van der Waals surface area contributed by atoms with Gasteiger partial charge in [-0.05, 0) is 23.8 Å². The number of ether oxygens (including phenoxy) is 1. The summed E-state index contributed by atoms with van der Waals surface area (Å²) in [5.41, 5.74) is -3.17. The van der Waals surface area contributed by atoms with E-state index >= 15 is 4.79 Å². The number of carbonyl (C=O) groups excluding carboxylic acids is 3. The van der Waals surface area contributed by atoms with Crippen LogP contribution in [-0.4, -0.2) is 23.1 Å². The van der Waals surface area contributed by atoms with Gasteiger partial charge in [0, 0.05) is 22.4 Å². The van der Waals surface area contributed by atoms with E-state index in [-0.39, 0.29) is 34.6 Å². The third-order valence-electron chi connectivity index (χ3n) is 8.33. The van der Waals surface area contributed by atoms with Crippen molar-refractivity contribution in [2.75, 3.05) is 4.90 Å². The van der Waals surface area contributed by atoms with E-state index in [1.165, 1.54) is 4.90 Å². The number of hydrogen-bond donors (Lipinski definition) is 0. The van der Waals surface area contributed by atoms with E-state index < -0.39 is 34.1 Å². The number of carbonyl (C=O) groups is 3. The molecule has 8 rings (SSSR count). The van der Waals surface area contributed by atoms with Crippen LogP contribution in [0, 0.1) is 0 Å². The number of Topliss-reactive ketones (excluding diaryl/α,β-unsaturated/α-hetero) is 2. The number of rotatable bonds is 2. The Kier molecular flexibility index (Phi) is 4.33. The van der Waals surface area contributed by atoms with Crippen molar-refractivity contribution in [1.82, 2.24) is 0 Å². The molecule has 40 heavy (non-hydrogen) atoms. The lowest BCUT2D eigenvalue weighted by atomic mass is 9.63. The van der Waals surface area contributed by atoms with E-state index in [4.69, 9.17) is 9.15 Å². The minimum absolute atomic E-state index is 0.0195. The van der Waals surface area contributed by atoms with E-state index in [0.29, 0.717) is 16.6 Å². The Morgan fingerprint density at radius 1 is 0.675 bits per heavy atom. The molecule has 192 valence electrons. The SMILES string of the molecule is O=C1c2ccccc2C(=O)C12Oc1c(c(=O)oc3ccccc13)[C@@]21C(=O)N(Cc2ccccc2)c2ccccc21. The van der Waals surface area contributed by atoms with Gasteiger partial charge in [0.1, 0.15) is 16.9 Å². The van der Waals surface area contributed by atoms with Crippen LogP contribution in [0.15, 0.2) is 112 Å². The molecule has 5 aromatic rings. The summed E-state index contributed by atoms with van der Waals surface area (Å²) < 4.78 is 12.2. The smallest absolute Gasteiger partial charge is 0.344 e. The lowest BCUT2D eigenvalue weighted by Crippen LogP contribution is -2.64. The van der Waals surface area contributed by atoms with Gasteiger partial charge in [0.2, 0.25) is 17.5 Å². The zero-order valence-electron chi connectivity index (χ0n) is 20.9. The van der Waals surface area contributed by atoms with Crippen molar-refractivity contribution in [3.05, 3.63) is 141 Å². The van der Waals surface area contributed by atoms with E-state index in [0.717, 1.165) is 5.56 Å². The molecule has 1 aromatic heterocycles. The van der Waals surface area contributed by atoms with Crippen LogP contribution in [0.2, 0.25) is 0 Å². The summed E-state index contributed by atoms with van der Waals surface area (Å²) in [6.07, 6.45) is 0. The third kappa shape index (κ3) is 2.45. The molecule has 0 N–H and O–H groups in total. The number of hydrogen-bond acceptors (Lipinski definition) is 6. The van der Waals surface area contributed by atoms with Crippen LogP contribution in [0.3, 0.4) is 0 Å². The molecule has 0 saturated carbocycles. The zero-order valence-corrected chi connectivity index (χ0v) is 20.9. The monoisotopic (exact) mass is 525 g/mol. The second-order valence-corrected chi connectivity index (χ2v) is 10.2. The van der Waals surface area contributed by atoms with Crippen molar-refractivity contribution in [2.45, 2.75) is 17.6 Å². The molecule has 2 aliphatic heterocycles. The summed E-state index contributed by atoms with van der Waals surface area (Å²) in [6, 6.07) is 29.5. The molecule has 7 nitrogen and oxygen atoms in total. The first-order chi connectivity index (χ1) is 19.5. The van der Waals surface area contributed by atoms with Crippen molar-refractivity contribution in [2.24, 2.45) is 0 Å². The van der Waals surface area contributed by atoms with Gasteiger partial charge < -0.3 is 14.1 Å². The van der Waals surface area contributed by atoms with E-state index in [1.54, 1.807) is 72.8 Å². The molecule has 0 bridgehead atoms. The molecule has 0 unspecified atom stereocenters. The van der Waals surface area contributed by atoms with Gasteiger partial charge in [-0.25, -0.2) is 4.79 Å². The second kappa shape index (κ2) is 7.64. The number of anilines is 1. The highest BCUT2D eigenvalue weighted by Gasteiger charge is 2.80. The number of amides is 1. The minimum atomic E-state index is -2.35. The predicted molar refractivity (Wildman–Crippen MR) is 146 cm³/mol. The topological polar surface area (TPSA) is 93.9 Å². The maximum atomic E-state index is 15.0. The van der Waals surface area contributed by atoms with Crippen LogP contribution >= 0.6 is 0 Å². The van der Waals surface area contributed by atoms with Crippen molar-refractivity contribution in [1.29, 1.82) is 0 Å². The lowest BCUT2D eigenvalue weighted by molar-refractivity contribution is -0.124. The summed E-state index contributed by atoms with van der Waals surface area (Å²) in [7, 11) is 0. The first-order valence-electron chi connectivity index (χ1n) is 12.9. The minimum Gasteiger partial charge on any atom is -0.467 e. The van der Waals surface area contributed by atoms with Gasteiger partial charge in [0.25, 0.3) is 5.60 Å². The Morgan fingerprint density at radius 2 is 1.30 bits per heavy atom. The van der Waals surface area contributed by atoms with E-state index in [2.05, 4.69) is 0 Å². The summed E-state index contributed by atoms with van der Waals surface area (Å²) >= 11 is 0. The Labute approximate surface area is 227 Å². The number of ketones is 2. The van der Waals surface area contributed by atoms with E-state index in [1.807, 2.05) is 30.3 Å². The molecule has 1 amide bonds. The maximum Gasteiger partial charge on any atom is 0.344 e. The largest absolute Gasteiger partial charge is 0.467 e. The molecule has 3 heterocycles. The highest BCUT2D eigenvalue weighted by atomic mass is 16.5. The van der Waals surface area contributed by atoms with E-state index in [9.17, 15) is 14.4 Å². The quantitative estimate of drug-likeness (QED) is 0.242. The highest BCUT2D eigenvalue weighted by Crippen LogP contribution is 2.63. The standard InChI is InChI=1S/C33H19NO6/c35-28-20-12-4-5-13-21(20)29(36)33(28)32(26-27(40-33)22-14-6-9-17-25(22)39-30(26)37)23-15-7-8-16-24(23)34(31(32)38)18-19-10-2-1-3-11-19/h1-17H,18H2/t32-/m0/s1. The summed E-state index contributed by atoms with van der Waals surface area (Å²) in [5.74, 6) is -1.88. The Morgan fingerprint density at radius 3 is 2.05 bits per heavy atom. The average molecular weight is 526 g/mol. The molecule has 2 spiro atoms. The molecule has 3 aliphatic rings. The average Bonchev–Trinajstić information content (AvgIpc) is 3.53. The maximum absolute atomic E-state index is 15.0. The van der Waals surface area contributed by atoms with Gasteiger partial charge in [0.15, 0.2) is 5.41 Å². The number of benzene rings is 4. The first kappa shape index (κ1) is 22.7. The van der Waals surface area contributed by atoms with Gasteiger partial charge >= 0.3 is 5.63 Å². The molecular weight excluding hydrogens is 506 g/mol. The molecule has 7 heteroatoms. The van der Waals surface area contributed by atoms with Crippen LogP contribution in [-0.2, 0) is 16.8 Å². The van der Waals surface area contributed by atoms with Gasteiger partial charge in [-0.1, -0.05) is 84.9 Å². The van der Waals surface area contributed by atoms with Crippen molar-refractivity contribution < 1.29 is 23.5 Å². The van der Waals surface area contributed by atoms with Gasteiger partial charge in [-0.15, -0.1) is 0 Å². The summed E-state index contributed by atoms with van der Waals surface area (Å²) in [6.45, 7) is 0.165. The fraction of sp³-hybridized carbons (Fsp3) is 0.0909. The Hall–Kier alpha value is -5.30. The molecule has 4 aromatic carbocycles. The molecular formula is C33H19NO6. The van der Waals surface area contributed by atoms with Gasteiger partial charge in [-0.2, -0.15) is 0 Å². The normalized spacial score (nSPS) is 19.8. The predicted octanol–water partition coefficient (Wildman–Crippen LogP) is 4.84. The first-order valence-corrected chi connectivity index (χ1v) is 12.9. The molecule has 0 saturated heterocycles. The fourth-order valence-corrected chi connectivity index (χ4v) is 6.71. The van der Waals surface area contributed by atoms with Crippen LogP contribution in [0.1, 0.15) is 37.4 Å². The van der Waals surface area contributed by atoms with Crippen molar-refractivity contribution in [3.63, 3.8) is 0 Å². The molecule has 0 radical (unpaired) electrons. The third-order valence-corrected chi connectivity index (χ3v) is 8.33. The van der Waals surface area contributed by atoms with Crippen LogP contribution in [0.25, 0.3) is 11.0 Å². The summed E-state index contributed by atoms with van der Waals surface area (Å²) in [5, 5.41) is 0.400. The fourth-order valence-electron chi connectivity index (χ4n) is 6.71. The van der Waals surface area contributed by atoms with Crippen LogP contribution in [0.4, 0.5) is 5.69 Å². The van der Waals surface area contributed by atoms with Crippen molar-refractivity contribution >= 4 is 34.1 Å². The Bertz CT molecular complexity index is 1970. The van der Waals surface area contributed by atoms with Gasteiger partial charge in [0.05, 0.1) is 11.9 Å². The second-order valence-electron chi connectivity index (χ2n) is 10.2. The number of nitrogens with zero attached hydrogens (tertiary/aromatic N) is 1.